The van der Waals surface area contributed by atoms with E-state index in [1.54, 1.807) is 18.3 Å². The number of nitrogens with zero attached hydrogens (tertiary/aromatic N) is 2. The van der Waals surface area contributed by atoms with Gasteiger partial charge >= 0.3 is 0 Å². The van der Waals surface area contributed by atoms with Crippen LogP contribution in [0.1, 0.15) is 5.89 Å². The molecule has 0 atom stereocenters. The molecule has 0 aromatic carbocycles. The standard InChI is InChI=1S/C7H5BrN2OS/c1-4-9-10-7(11-4)5-2-6(8)12-3-5/h2-3H,1H3. The Bertz CT molecular complexity index is 357. The first-order valence-electron chi connectivity index (χ1n) is 3.30. The zero-order valence-corrected chi connectivity index (χ0v) is 8.65. The van der Waals surface area contributed by atoms with Gasteiger partial charge in [0.05, 0.1) is 9.35 Å². The molecule has 2 aromatic rings. The van der Waals surface area contributed by atoms with Gasteiger partial charge in [0.1, 0.15) is 0 Å². The molecule has 3 nitrogen and oxygen atoms in total. The molecule has 0 amide bonds. The van der Waals surface area contributed by atoms with Crippen molar-refractivity contribution in [3.05, 3.63) is 21.1 Å². The van der Waals surface area contributed by atoms with Crippen molar-refractivity contribution >= 4 is 27.3 Å². The van der Waals surface area contributed by atoms with Gasteiger partial charge in [-0.15, -0.1) is 21.5 Å². The van der Waals surface area contributed by atoms with Crippen molar-refractivity contribution in [1.29, 1.82) is 0 Å². The fraction of sp³-hybridized carbons (Fsp3) is 0.143. The second-order valence-corrected chi connectivity index (χ2v) is 4.56. The number of halogens is 1. The highest BCUT2D eigenvalue weighted by atomic mass is 79.9. The zero-order chi connectivity index (χ0) is 8.55. The fourth-order valence-electron chi connectivity index (χ4n) is 0.835. The first-order chi connectivity index (χ1) is 5.75. The van der Waals surface area contributed by atoms with Crippen molar-refractivity contribution in [1.82, 2.24) is 10.2 Å². The molecule has 0 aliphatic carbocycles. The van der Waals surface area contributed by atoms with Gasteiger partial charge in [0.2, 0.25) is 11.8 Å². The zero-order valence-electron chi connectivity index (χ0n) is 6.24. The predicted molar refractivity (Wildman–Crippen MR) is 50.0 cm³/mol. The Hall–Kier alpha value is -0.680. The molecule has 2 heterocycles. The summed E-state index contributed by atoms with van der Waals surface area (Å²) in [5.41, 5.74) is 0.965. The highest BCUT2D eigenvalue weighted by molar-refractivity contribution is 9.11. The van der Waals surface area contributed by atoms with E-state index in [9.17, 15) is 0 Å². The van der Waals surface area contributed by atoms with Gasteiger partial charge in [0.15, 0.2) is 0 Å². The lowest BCUT2D eigenvalue weighted by Crippen LogP contribution is -1.71. The van der Waals surface area contributed by atoms with Gasteiger partial charge in [-0.2, -0.15) is 0 Å². The summed E-state index contributed by atoms with van der Waals surface area (Å²) in [5.74, 6) is 1.17. The van der Waals surface area contributed by atoms with Gasteiger partial charge in [0, 0.05) is 12.3 Å². The van der Waals surface area contributed by atoms with Crippen molar-refractivity contribution in [2.24, 2.45) is 0 Å². The van der Waals surface area contributed by atoms with Crippen molar-refractivity contribution in [3.8, 4) is 11.5 Å². The second kappa shape index (κ2) is 2.99. The Morgan fingerprint density at radius 1 is 1.50 bits per heavy atom. The Kier molecular flexibility index (Phi) is 1.98. The van der Waals surface area contributed by atoms with Crippen LogP contribution in [0.5, 0.6) is 0 Å². The molecule has 0 bridgehead atoms. The molecular weight excluding hydrogens is 240 g/mol. The van der Waals surface area contributed by atoms with E-state index >= 15 is 0 Å². The molecule has 62 valence electrons. The largest absolute Gasteiger partial charge is 0.421 e. The van der Waals surface area contributed by atoms with Gasteiger partial charge in [-0.3, -0.25) is 0 Å². The molecule has 0 spiro atoms. The van der Waals surface area contributed by atoms with Crippen molar-refractivity contribution in [3.63, 3.8) is 0 Å². The number of rotatable bonds is 1. The number of aromatic nitrogens is 2. The van der Waals surface area contributed by atoms with Gasteiger partial charge in [0.25, 0.3) is 0 Å². The lowest BCUT2D eigenvalue weighted by molar-refractivity contribution is 0.533. The van der Waals surface area contributed by atoms with Gasteiger partial charge in [-0.1, -0.05) is 0 Å². The van der Waals surface area contributed by atoms with Crippen LogP contribution < -0.4 is 0 Å². The third kappa shape index (κ3) is 1.42. The number of aryl methyl sites for hydroxylation is 1. The molecule has 0 saturated carbocycles. The summed E-state index contributed by atoms with van der Waals surface area (Å²) in [5, 5.41) is 9.61. The Labute approximate surface area is 81.6 Å². The first-order valence-corrected chi connectivity index (χ1v) is 4.97. The molecule has 0 unspecified atom stereocenters. The minimum Gasteiger partial charge on any atom is -0.421 e. The molecule has 0 fully saturated rings. The predicted octanol–water partition coefficient (Wildman–Crippen LogP) is 2.87. The molecule has 2 aromatic heterocycles. The van der Waals surface area contributed by atoms with E-state index < -0.39 is 0 Å². The highest BCUT2D eigenvalue weighted by Crippen LogP contribution is 2.27. The second-order valence-electron chi connectivity index (χ2n) is 2.27. The van der Waals surface area contributed by atoms with Crippen molar-refractivity contribution in [2.45, 2.75) is 6.92 Å². The maximum Gasteiger partial charge on any atom is 0.248 e. The lowest BCUT2D eigenvalue weighted by atomic mass is 10.3. The number of thiophene rings is 1. The molecule has 0 radical (unpaired) electrons. The average molecular weight is 245 g/mol. The third-order valence-corrected chi connectivity index (χ3v) is 2.84. The molecular formula is C7H5BrN2OS. The highest BCUT2D eigenvalue weighted by Gasteiger charge is 2.06. The maximum absolute atomic E-state index is 5.25. The third-order valence-electron chi connectivity index (χ3n) is 1.34. The average Bonchev–Trinajstić information content (AvgIpc) is 2.58. The number of hydrogen-bond acceptors (Lipinski definition) is 4. The van der Waals surface area contributed by atoms with E-state index in [0.717, 1.165) is 9.35 Å². The summed E-state index contributed by atoms with van der Waals surface area (Å²) >= 11 is 4.96. The monoisotopic (exact) mass is 244 g/mol. The quantitative estimate of drug-likeness (QED) is 0.775. The Morgan fingerprint density at radius 3 is 2.83 bits per heavy atom. The number of hydrogen-bond donors (Lipinski definition) is 0. The van der Waals surface area contributed by atoms with E-state index in [1.165, 1.54) is 0 Å². The van der Waals surface area contributed by atoms with Crippen LogP contribution in [0.4, 0.5) is 0 Å². The van der Waals surface area contributed by atoms with E-state index in [1.807, 2.05) is 11.4 Å². The summed E-state index contributed by atoms with van der Waals surface area (Å²) in [6, 6.07) is 1.96. The summed E-state index contributed by atoms with van der Waals surface area (Å²) in [6.45, 7) is 1.78. The Morgan fingerprint density at radius 2 is 2.33 bits per heavy atom. The molecule has 12 heavy (non-hydrogen) atoms. The van der Waals surface area contributed by atoms with Gasteiger partial charge in [-0.25, -0.2) is 0 Å². The summed E-state index contributed by atoms with van der Waals surface area (Å²) in [4.78, 5) is 0. The smallest absolute Gasteiger partial charge is 0.248 e. The molecule has 2 rings (SSSR count). The van der Waals surface area contributed by atoms with Crippen LogP contribution in [0.2, 0.25) is 0 Å². The molecule has 0 N–H and O–H groups in total. The van der Waals surface area contributed by atoms with Crippen molar-refractivity contribution in [2.75, 3.05) is 0 Å². The molecule has 0 saturated heterocycles. The van der Waals surface area contributed by atoms with Crippen LogP contribution in [-0.2, 0) is 0 Å². The minimum atomic E-state index is 0.578. The topological polar surface area (TPSA) is 38.9 Å². The minimum absolute atomic E-state index is 0.578. The summed E-state index contributed by atoms with van der Waals surface area (Å²) in [6.07, 6.45) is 0. The van der Waals surface area contributed by atoms with Crippen LogP contribution in [0, 0.1) is 6.92 Å². The molecule has 0 aliphatic heterocycles. The van der Waals surface area contributed by atoms with Crippen LogP contribution in [0.25, 0.3) is 11.5 Å². The van der Waals surface area contributed by atoms with Crippen LogP contribution >= 0.6 is 27.3 Å². The van der Waals surface area contributed by atoms with E-state index in [4.69, 9.17) is 4.42 Å². The van der Waals surface area contributed by atoms with E-state index in [-0.39, 0.29) is 0 Å². The summed E-state index contributed by atoms with van der Waals surface area (Å²) < 4.78 is 6.31. The first kappa shape index (κ1) is 7.94. The SMILES string of the molecule is Cc1nnc(-c2csc(Br)c2)o1. The molecule has 5 heteroatoms. The van der Waals surface area contributed by atoms with E-state index in [0.29, 0.717) is 11.8 Å². The normalized spacial score (nSPS) is 10.5. The van der Waals surface area contributed by atoms with Crippen LogP contribution in [0.3, 0.4) is 0 Å². The lowest BCUT2D eigenvalue weighted by Gasteiger charge is -1.83. The van der Waals surface area contributed by atoms with Crippen LogP contribution in [0.15, 0.2) is 19.6 Å². The maximum atomic E-state index is 5.25. The Balaban J connectivity index is 2.43. The summed E-state index contributed by atoms with van der Waals surface area (Å²) in [7, 11) is 0. The van der Waals surface area contributed by atoms with Gasteiger partial charge in [-0.05, 0) is 22.0 Å². The molecule has 0 aliphatic rings. The van der Waals surface area contributed by atoms with Crippen molar-refractivity contribution < 1.29 is 4.42 Å². The van der Waals surface area contributed by atoms with Crippen LogP contribution in [-0.4, -0.2) is 10.2 Å². The fourth-order valence-corrected chi connectivity index (χ4v) is 1.97. The van der Waals surface area contributed by atoms with Gasteiger partial charge < -0.3 is 4.42 Å². The van der Waals surface area contributed by atoms with E-state index in [2.05, 4.69) is 26.1 Å².